The second kappa shape index (κ2) is 7.70. The van der Waals surface area contributed by atoms with E-state index in [1.165, 1.54) is 11.8 Å². The van der Waals surface area contributed by atoms with Crippen molar-refractivity contribution < 1.29 is 9.53 Å². The molecule has 24 heavy (non-hydrogen) atoms. The third-order valence-corrected chi connectivity index (χ3v) is 4.64. The topological polar surface area (TPSA) is 60.3 Å². The van der Waals surface area contributed by atoms with Crippen LogP contribution in [0.2, 0.25) is 0 Å². The molecule has 7 heteroatoms. The van der Waals surface area contributed by atoms with Crippen molar-refractivity contribution >= 4 is 17.7 Å². The number of hydrogen-bond donors (Lipinski definition) is 0. The first kappa shape index (κ1) is 18.3. The molecule has 6 nitrogen and oxygen atoms in total. The molecule has 0 bridgehead atoms. The molecule has 0 aliphatic rings. The van der Waals surface area contributed by atoms with Crippen LogP contribution < -0.4 is 4.74 Å². The Hall–Kier alpha value is -2.02. The van der Waals surface area contributed by atoms with Crippen molar-refractivity contribution in [3.8, 4) is 17.1 Å². The molecular weight excluding hydrogens is 324 g/mol. The third-order valence-electron chi connectivity index (χ3n) is 3.60. The summed E-state index contributed by atoms with van der Waals surface area (Å²) in [7, 11) is 5.16. The summed E-state index contributed by atoms with van der Waals surface area (Å²) in [4.78, 5) is 13.7. The van der Waals surface area contributed by atoms with Gasteiger partial charge < -0.3 is 9.64 Å². The second-order valence-electron chi connectivity index (χ2n) is 5.99. The van der Waals surface area contributed by atoms with E-state index in [0.29, 0.717) is 0 Å². The number of amides is 1. The van der Waals surface area contributed by atoms with Crippen LogP contribution in [0.3, 0.4) is 0 Å². The van der Waals surface area contributed by atoms with E-state index in [0.717, 1.165) is 22.3 Å². The van der Waals surface area contributed by atoms with Crippen LogP contribution in [0.5, 0.6) is 5.75 Å². The van der Waals surface area contributed by atoms with E-state index in [9.17, 15) is 4.79 Å². The van der Waals surface area contributed by atoms with Gasteiger partial charge >= 0.3 is 0 Å². The lowest BCUT2D eigenvalue weighted by atomic mass is 10.2. The van der Waals surface area contributed by atoms with Crippen molar-refractivity contribution in [3.05, 3.63) is 24.3 Å². The van der Waals surface area contributed by atoms with Crippen molar-refractivity contribution in [1.82, 2.24) is 19.7 Å². The van der Waals surface area contributed by atoms with Crippen LogP contribution in [0.25, 0.3) is 11.4 Å². The predicted octanol–water partition coefficient (Wildman–Crippen LogP) is 3.10. The highest BCUT2D eigenvalue weighted by Crippen LogP contribution is 2.30. The Bertz CT molecular complexity index is 695. The Kier molecular flexibility index (Phi) is 5.88. The van der Waals surface area contributed by atoms with Crippen LogP contribution in [0.4, 0.5) is 0 Å². The highest BCUT2D eigenvalue weighted by atomic mass is 32.2. The zero-order valence-electron chi connectivity index (χ0n) is 15.0. The quantitative estimate of drug-likeness (QED) is 0.751. The zero-order valence-corrected chi connectivity index (χ0v) is 15.8. The number of methoxy groups -OCH3 is 1. The zero-order chi connectivity index (χ0) is 17.9. The van der Waals surface area contributed by atoms with Gasteiger partial charge in [0.1, 0.15) is 5.75 Å². The van der Waals surface area contributed by atoms with Crippen LogP contribution in [0.1, 0.15) is 26.8 Å². The molecule has 1 aromatic heterocycles. The van der Waals surface area contributed by atoms with Gasteiger partial charge in [-0.1, -0.05) is 11.8 Å². The molecular formula is C17H24N4O2S. The van der Waals surface area contributed by atoms with Crippen molar-refractivity contribution in [1.29, 1.82) is 0 Å². The number of carbonyl (C=O) groups excluding carboxylic acids is 1. The molecule has 0 aliphatic heterocycles. The maximum atomic E-state index is 12.1. The molecule has 1 aromatic carbocycles. The number of aromatic nitrogens is 3. The molecule has 0 unspecified atom stereocenters. The minimum atomic E-state index is -0.217. The molecule has 2 rings (SSSR count). The van der Waals surface area contributed by atoms with Gasteiger partial charge in [-0.3, -0.25) is 9.36 Å². The Morgan fingerprint density at radius 1 is 1.17 bits per heavy atom. The molecule has 1 heterocycles. The van der Waals surface area contributed by atoms with Crippen LogP contribution >= 0.6 is 11.8 Å². The van der Waals surface area contributed by atoms with E-state index in [2.05, 4.69) is 28.6 Å². The molecule has 2 aromatic rings. The van der Waals surface area contributed by atoms with Crippen LogP contribution in [-0.4, -0.2) is 52.0 Å². The van der Waals surface area contributed by atoms with Crippen LogP contribution in [0, 0.1) is 0 Å². The fraction of sp³-hybridized carbons (Fsp3) is 0.471. The molecule has 0 N–H and O–H groups in total. The van der Waals surface area contributed by atoms with Gasteiger partial charge in [0.25, 0.3) is 0 Å². The molecule has 130 valence electrons. The van der Waals surface area contributed by atoms with E-state index >= 15 is 0 Å². The van der Waals surface area contributed by atoms with Crippen molar-refractivity contribution in [2.45, 2.75) is 37.2 Å². The lowest BCUT2D eigenvalue weighted by Crippen LogP contribution is -2.29. The fourth-order valence-electron chi connectivity index (χ4n) is 2.33. The van der Waals surface area contributed by atoms with Gasteiger partial charge in [0, 0.05) is 25.7 Å². The summed E-state index contributed by atoms with van der Waals surface area (Å²) >= 11 is 1.43. The summed E-state index contributed by atoms with van der Waals surface area (Å²) in [5.74, 6) is 1.65. The molecule has 0 saturated heterocycles. The van der Waals surface area contributed by atoms with Crippen LogP contribution in [0.15, 0.2) is 29.4 Å². The van der Waals surface area contributed by atoms with Gasteiger partial charge in [0.15, 0.2) is 11.0 Å². The molecule has 0 radical (unpaired) electrons. The molecule has 0 aliphatic carbocycles. The second-order valence-corrected chi connectivity index (χ2v) is 7.30. The maximum absolute atomic E-state index is 12.1. The summed E-state index contributed by atoms with van der Waals surface area (Å²) in [5, 5.41) is 9.19. The SMILES string of the molecule is COc1ccc(-c2nnc(S[C@@H](C)C(=O)N(C)C)n2C(C)C)cc1. The normalized spacial score (nSPS) is 12.3. The molecule has 0 fully saturated rings. The van der Waals surface area contributed by atoms with Gasteiger partial charge in [-0.25, -0.2) is 0 Å². The third kappa shape index (κ3) is 3.90. The summed E-state index contributed by atoms with van der Waals surface area (Å²) in [6, 6.07) is 7.91. The first-order valence-corrected chi connectivity index (χ1v) is 8.70. The Morgan fingerprint density at radius 3 is 2.29 bits per heavy atom. The van der Waals surface area contributed by atoms with E-state index in [-0.39, 0.29) is 17.2 Å². The summed E-state index contributed by atoms with van der Waals surface area (Å²) in [6.45, 7) is 6.05. The number of ether oxygens (including phenoxy) is 1. The van der Waals surface area contributed by atoms with E-state index < -0.39 is 0 Å². The minimum Gasteiger partial charge on any atom is -0.497 e. The molecule has 0 saturated carbocycles. The average Bonchev–Trinajstić information content (AvgIpc) is 2.97. The number of nitrogens with zero attached hydrogens (tertiary/aromatic N) is 4. The number of rotatable bonds is 6. The first-order valence-electron chi connectivity index (χ1n) is 7.82. The first-order chi connectivity index (χ1) is 11.3. The van der Waals surface area contributed by atoms with Gasteiger partial charge in [-0.05, 0) is 45.0 Å². The standard InChI is InChI=1S/C17H24N4O2S/c1-11(2)21-15(13-7-9-14(23-6)10-8-13)18-19-17(21)24-12(3)16(22)20(4)5/h7-12H,1-6H3/t12-/m0/s1. The lowest BCUT2D eigenvalue weighted by Gasteiger charge is -2.18. The molecule has 1 atom stereocenters. The van der Waals surface area contributed by atoms with E-state index in [1.54, 1.807) is 26.1 Å². The maximum Gasteiger partial charge on any atom is 0.235 e. The van der Waals surface area contributed by atoms with Crippen molar-refractivity contribution in [3.63, 3.8) is 0 Å². The number of carbonyl (C=O) groups is 1. The van der Waals surface area contributed by atoms with Gasteiger partial charge in [0.2, 0.25) is 5.91 Å². The monoisotopic (exact) mass is 348 g/mol. The summed E-state index contributed by atoms with van der Waals surface area (Å²) in [5.41, 5.74) is 0.968. The smallest absolute Gasteiger partial charge is 0.235 e. The molecule has 0 spiro atoms. The Balaban J connectivity index is 2.34. The van der Waals surface area contributed by atoms with E-state index in [4.69, 9.17) is 4.74 Å². The lowest BCUT2D eigenvalue weighted by molar-refractivity contribution is -0.127. The van der Waals surface area contributed by atoms with Gasteiger partial charge in [-0.2, -0.15) is 0 Å². The number of thioether (sulfide) groups is 1. The average molecular weight is 348 g/mol. The fourth-order valence-corrected chi connectivity index (χ4v) is 3.46. The van der Waals surface area contributed by atoms with Gasteiger partial charge in [-0.15, -0.1) is 10.2 Å². The highest BCUT2D eigenvalue weighted by molar-refractivity contribution is 8.00. The minimum absolute atomic E-state index is 0.0595. The Labute approximate surface area is 147 Å². The predicted molar refractivity (Wildman–Crippen MR) is 96.4 cm³/mol. The number of benzene rings is 1. The van der Waals surface area contributed by atoms with E-state index in [1.807, 2.05) is 31.2 Å². The van der Waals surface area contributed by atoms with Crippen molar-refractivity contribution in [2.24, 2.45) is 0 Å². The van der Waals surface area contributed by atoms with Crippen molar-refractivity contribution in [2.75, 3.05) is 21.2 Å². The Morgan fingerprint density at radius 2 is 1.79 bits per heavy atom. The summed E-state index contributed by atoms with van der Waals surface area (Å²) in [6.07, 6.45) is 0. The largest absolute Gasteiger partial charge is 0.497 e. The summed E-state index contributed by atoms with van der Waals surface area (Å²) < 4.78 is 7.26. The van der Waals surface area contributed by atoms with Gasteiger partial charge in [0.05, 0.1) is 12.4 Å². The highest BCUT2D eigenvalue weighted by Gasteiger charge is 2.23. The molecule has 1 amide bonds. The van der Waals surface area contributed by atoms with Crippen LogP contribution in [-0.2, 0) is 4.79 Å². The number of hydrogen-bond acceptors (Lipinski definition) is 5.